The summed E-state index contributed by atoms with van der Waals surface area (Å²) < 4.78 is 0. The van der Waals surface area contributed by atoms with Gasteiger partial charge in [0.05, 0.1) is 0 Å². The maximum Gasteiger partial charge on any atom is 0.00122 e. The molecule has 0 aliphatic heterocycles. The second-order valence-electron chi connectivity index (χ2n) is 3.65. The highest BCUT2D eigenvalue weighted by Gasteiger charge is 2.35. The van der Waals surface area contributed by atoms with E-state index in [0.717, 1.165) is 11.8 Å². The Kier molecular flexibility index (Phi) is 3.38. The molecule has 0 N–H and O–H groups in total. The van der Waals surface area contributed by atoms with Crippen molar-refractivity contribution in [1.82, 2.24) is 4.90 Å². The molecule has 11 heavy (non-hydrogen) atoms. The summed E-state index contributed by atoms with van der Waals surface area (Å²) in [6.07, 6.45) is 2.89. The third kappa shape index (κ3) is 2.48. The van der Waals surface area contributed by atoms with Gasteiger partial charge in [0, 0.05) is 6.54 Å². The van der Waals surface area contributed by atoms with Crippen LogP contribution in [0.5, 0.6) is 0 Å². The van der Waals surface area contributed by atoms with Gasteiger partial charge in [-0.3, -0.25) is 0 Å². The van der Waals surface area contributed by atoms with Crippen LogP contribution in [-0.2, 0) is 0 Å². The van der Waals surface area contributed by atoms with Crippen LogP contribution >= 0.6 is 0 Å². The van der Waals surface area contributed by atoms with Crippen molar-refractivity contribution in [3.63, 3.8) is 0 Å². The van der Waals surface area contributed by atoms with Crippen molar-refractivity contribution in [2.45, 2.75) is 33.6 Å². The molecule has 0 bridgehead atoms. The van der Waals surface area contributed by atoms with E-state index >= 15 is 0 Å². The second kappa shape index (κ2) is 4.10. The van der Waals surface area contributed by atoms with Crippen LogP contribution in [0.25, 0.3) is 0 Å². The van der Waals surface area contributed by atoms with Crippen molar-refractivity contribution >= 4 is 0 Å². The molecule has 66 valence electrons. The fourth-order valence-electron chi connectivity index (χ4n) is 1.85. The summed E-state index contributed by atoms with van der Waals surface area (Å²) in [6, 6.07) is 0. The molecule has 1 saturated carbocycles. The van der Waals surface area contributed by atoms with Gasteiger partial charge in [-0.2, -0.15) is 0 Å². The predicted octanol–water partition coefficient (Wildman–Crippen LogP) is 2.37. The zero-order valence-electron chi connectivity index (χ0n) is 8.14. The van der Waals surface area contributed by atoms with Gasteiger partial charge in [0.2, 0.25) is 0 Å². The SMILES string of the molecule is CCC1CC1CN(CC)CC. The quantitative estimate of drug-likeness (QED) is 0.589. The molecule has 1 heteroatoms. The first-order valence-corrected chi connectivity index (χ1v) is 5.04. The third-order valence-electron chi connectivity index (χ3n) is 2.98. The molecule has 0 aromatic rings. The van der Waals surface area contributed by atoms with Gasteiger partial charge in [-0.1, -0.05) is 27.2 Å². The maximum absolute atomic E-state index is 2.54. The molecular weight excluding hydrogens is 134 g/mol. The van der Waals surface area contributed by atoms with E-state index in [1.54, 1.807) is 0 Å². The van der Waals surface area contributed by atoms with Crippen LogP contribution in [-0.4, -0.2) is 24.5 Å². The minimum atomic E-state index is 1.04. The Morgan fingerprint density at radius 1 is 1.09 bits per heavy atom. The summed E-state index contributed by atoms with van der Waals surface area (Å²) in [5.41, 5.74) is 0. The molecule has 2 unspecified atom stereocenters. The fourth-order valence-corrected chi connectivity index (χ4v) is 1.85. The van der Waals surface area contributed by atoms with E-state index in [-0.39, 0.29) is 0 Å². The van der Waals surface area contributed by atoms with Gasteiger partial charge in [-0.25, -0.2) is 0 Å². The molecule has 1 aliphatic rings. The lowest BCUT2D eigenvalue weighted by atomic mass is 10.2. The highest BCUT2D eigenvalue weighted by atomic mass is 15.1. The molecule has 1 fully saturated rings. The van der Waals surface area contributed by atoms with Crippen LogP contribution < -0.4 is 0 Å². The van der Waals surface area contributed by atoms with Gasteiger partial charge in [0.15, 0.2) is 0 Å². The largest absolute Gasteiger partial charge is 0.304 e. The number of hydrogen-bond donors (Lipinski definition) is 0. The van der Waals surface area contributed by atoms with Crippen molar-refractivity contribution in [2.24, 2.45) is 11.8 Å². The van der Waals surface area contributed by atoms with Crippen LogP contribution in [0.1, 0.15) is 33.6 Å². The van der Waals surface area contributed by atoms with Crippen molar-refractivity contribution < 1.29 is 0 Å². The molecule has 0 amide bonds. The second-order valence-corrected chi connectivity index (χ2v) is 3.65. The Balaban J connectivity index is 2.11. The van der Waals surface area contributed by atoms with Crippen LogP contribution in [0.2, 0.25) is 0 Å². The molecule has 2 atom stereocenters. The normalized spacial score (nSPS) is 29.5. The lowest BCUT2D eigenvalue weighted by Gasteiger charge is -2.17. The van der Waals surface area contributed by atoms with Gasteiger partial charge in [-0.15, -0.1) is 0 Å². The standard InChI is InChI=1S/C10H21N/c1-4-9-7-10(9)8-11(5-2)6-3/h9-10H,4-8H2,1-3H3. The minimum Gasteiger partial charge on any atom is -0.304 e. The Morgan fingerprint density at radius 3 is 2.09 bits per heavy atom. The highest BCUT2D eigenvalue weighted by Crippen LogP contribution is 2.41. The van der Waals surface area contributed by atoms with Gasteiger partial charge in [0.1, 0.15) is 0 Å². The van der Waals surface area contributed by atoms with Gasteiger partial charge < -0.3 is 4.90 Å². The van der Waals surface area contributed by atoms with E-state index in [4.69, 9.17) is 0 Å². The summed E-state index contributed by atoms with van der Waals surface area (Å²) >= 11 is 0. The third-order valence-corrected chi connectivity index (χ3v) is 2.98. The average Bonchev–Trinajstić information content (AvgIpc) is 2.78. The molecule has 1 nitrogen and oxygen atoms in total. The molecule has 1 rings (SSSR count). The van der Waals surface area contributed by atoms with Gasteiger partial charge in [-0.05, 0) is 31.3 Å². The average molecular weight is 155 g/mol. The summed E-state index contributed by atoms with van der Waals surface area (Å²) in [6.45, 7) is 10.6. The smallest absolute Gasteiger partial charge is 0.00122 e. The minimum absolute atomic E-state index is 1.04. The number of hydrogen-bond acceptors (Lipinski definition) is 1. The Labute approximate surface area is 70.8 Å². The van der Waals surface area contributed by atoms with E-state index in [0.29, 0.717) is 0 Å². The molecule has 1 aliphatic carbocycles. The van der Waals surface area contributed by atoms with Crippen LogP contribution in [0, 0.1) is 11.8 Å². The van der Waals surface area contributed by atoms with E-state index in [2.05, 4.69) is 25.7 Å². The first kappa shape index (κ1) is 9.05. The van der Waals surface area contributed by atoms with E-state index in [9.17, 15) is 0 Å². The molecule has 0 aromatic heterocycles. The first-order valence-electron chi connectivity index (χ1n) is 5.04. The summed E-state index contributed by atoms with van der Waals surface area (Å²) in [4.78, 5) is 2.54. The number of nitrogens with zero attached hydrogens (tertiary/aromatic N) is 1. The molecule has 0 spiro atoms. The van der Waals surface area contributed by atoms with Gasteiger partial charge in [0.25, 0.3) is 0 Å². The Bertz CT molecular complexity index is 107. The molecule has 0 heterocycles. The lowest BCUT2D eigenvalue weighted by Crippen LogP contribution is -2.25. The monoisotopic (exact) mass is 155 g/mol. The van der Waals surface area contributed by atoms with Crippen molar-refractivity contribution in [2.75, 3.05) is 19.6 Å². The summed E-state index contributed by atoms with van der Waals surface area (Å²) in [5, 5.41) is 0. The summed E-state index contributed by atoms with van der Waals surface area (Å²) in [7, 11) is 0. The molecule has 0 saturated heterocycles. The predicted molar refractivity (Wildman–Crippen MR) is 49.7 cm³/mol. The van der Waals surface area contributed by atoms with Crippen molar-refractivity contribution in [3.05, 3.63) is 0 Å². The molecule has 0 radical (unpaired) electrons. The van der Waals surface area contributed by atoms with Crippen LogP contribution in [0.15, 0.2) is 0 Å². The molecular formula is C10H21N. The first-order chi connectivity index (χ1) is 5.31. The summed E-state index contributed by atoms with van der Waals surface area (Å²) in [5.74, 6) is 2.11. The maximum atomic E-state index is 2.54. The van der Waals surface area contributed by atoms with E-state index < -0.39 is 0 Å². The molecule has 0 aromatic carbocycles. The number of rotatable bonds is 5. The zero-order valence-corrected chi connectivity index (χ0v) is 8.14. The van der Waals surface area contributed by atoms with Crippen LogP contribution in [0.3, 0.4) is 0 Å². The Hall–Kier alpha value is -0.0400. The van der Waals surface area contributed by atoms with Crippen molar-refractivity contribution in [3.8, 4) is 0 Å². The van der Waals surface area contributed by atoms with Gasteiger partial charge >= 0.3 is 0 Å². The van der Waals surface area contributed by atoms with E-state index in [1.165, 1.54) is 32.5 Å². The lowest BCUT2D eigenvalue weighted by molar-refractivity contribution is 0.285. The fraction of sp³-hybridized carbons (Fsp3) is 1.00. The Morgan fingerprint density at radius 2 is 1.73 bits per heavy atom. The van der Waals surface area contributed by atoms with Crippen molar-refractivity contribution in [1.29, 1.82) is 0 Å². The topological polar surface area (TPSA) is 3.24 Å². The zero-order chi connectivity index (χ0) is 8.27. The van der Waals surface area contributed by atoms with Crippen LogP contribution in [0.4, 0.5) is 0 Å². The highest BCUT2D eigenvalue weighted by molar-refractivity contribution is 4.86. The van der Waals surface area contributed by atoms with E-state index in [1.807, 2.05) is 0 Å².